The molecule has 1 unspecified atom stereocenters. The van der Waals surface area contributed by atoms with Gasteiger partial charge < -0.3 is 5.32 Å². The molecule has 1 aliphatic carbocycles. The Morgan fingerprint density at radius 1 is 1.19 bits per heavy atom. The summed E-state index contributed by atoms with van der Waals surface area (Å²) < 4.78 is 1.24. The lowest BCUT2D eigenvalue weighted by Gasteiger charge is -2.33. The van der Waals surface area contributed by atoms with Gasteiger partial charge in [-0.05, 0) is 50.7 Å². The summed E-state index contributed by atoms with van der Waals surface area (Å²) in [4.78, 5) is 33.6. The third-order valence-corrected chi connectivity index (χ3v) is 7.48. The molecule has 2 aromatic rings. The lowest BCUT2D eigenvalue weighted by atomic mass is 9.96. The summed E-state index contributed by atoms with van der Waals surface area (Å²) in [6, 6.07) is 8.05. The Hall–Kier alpha value is -1.99. The van der Waals surface area contributed by atoms with E-state index in [0.717, 1.165) is 44.3 Å². The second-order valence-electron chi connectivity index (χ2n) is 8.19. The lowest BCUT2D eigenvalue weighted by Crippen LogP contribution is -2.48. The summed E-state index contributed by atoms with van der Waals surface area (Å²) in [7, 11) is 0. The molecule has 3 heterocycles. The second kappa shape index (κ2) is 6.27. The van der Waals surface area contributed by atoms with Gasteiger partial charge in [0.05, 0.1) is 21.9 Å². The van der Waals surface area contributed by atoms with Crippen molar-refractivity contribution in [1.29, 1.82) is 0 Å². The summed E-state index contributed by atoms with van der Waals surface area (Å²) in [6.07, 6.45) is 4.10. The van der Waals surface area contributed by atoms with Crippen LogP contribution >= 0.6 is 11.3 Å². The van der Waals surface area contributed by atoms with Gasteiger partial charge in [0.1, 0.15) is 5.54 Å². The molecule has 0 bridgehead atoms. The van der Waals surface area contributed by atoms with Gasteiger partial charge in [0.25, 0.3) is 5.91 Å². The van der Waals surface area contributed by atoms with Gasteiger partial charge in [0.15, 0.2) is 0 Å². The number of rotatable bonds is 4. The summed E-state index contributed by atoms with van der Waals surface area (Å²) in [5.74, 6) is 0.727. The third-order valence-electron chi connectivity index (χ3n) is 6.28. The number of para-hydroxylation sites is 1. The number of carbonyl (C=O) groups excluding carboxylic acids is 2. The van der Waals surface area contributed by atoms with Crippen LogP contribution in [0, 0.1) is 5.92 Å². The highest BCUT2D eigenvalue weighted by atomic mass is 32.1. The Bertz CT molecular complexity index is 867. The number of piperidine rings is 1. The molecule has 0 spiro atoms. The Morgan fingerprint density at radius 2 is 1.93 bits per heavy atom. The molecule has 142 valence electrons. The zero-order valence-electron chi connectivity index (χ0n) is 15.5. The average Bonchev–Trinajstić information content (AvgIpc) is 3.41. The SMILES string of the molecule is CC1(C2CC2)NC(=O)N(CN2CCC(c3nc4ccccc4s3)CC2)C1=O. The molecule has 3 amide bonds. The molecular formula is C20H24N4O2S. The van der Waals surface area contributed by atoms with E-state index in [2.05, 4.69) is 28.4 Å². The highest BCUT2D eigenvalue weighted by Crippen LogP contribution is 2.42. The molecule has 2 aliphatic heterocycles. The number of hydrogen-bond donors (Lipinski definition) is 1. The maximum atomic E-state index is 12.8. The highest BCUT2D eigenvalue weighted by Gasteiger charge is 2.56. The summed E-state index contributed by atoms with van der Waals surface area (Å²) >= 11 is 1.79. The largest absolute Gasteiger partial charge is 0.326 e. The molecule has 5 rings (SSSR count). The van der Waals surface area contributed by atoms with Crippen molar-refractivity contribution in [1.82, 2.24) is 20.1 Å². The predicted octanol–water partition coefficient (Wildman–Crippen LogP) is 3.15. The van der Waals surface area contributed by atoms with Gasteiger partial charge in [0, 0.05) is 19.0 Å². The molecule has 2 saturated heterocycles. The van der Waals surface area contributed by atoms with E-state index in [1.54, 1.807) is 11.3 Å². The van der Waals surface area contributed by atoms with Crippen molar-refractivity contribution in [2.45, 2.75) is 44.1 Å². The lowest BCUT2D eigenvalue weighted by molar-refractivity contribution is -0.133. The van der Waals surface area contributed by atoms with Crippen molar-refractivity contribution in [3.63, 3.8) is 0 Å². The normalized spacial score (nSPS) is 27.5. The van der Waals surface area contributed by atoms with Gasteiger partial charge in [-0.15, -0.1) is 11.3 Å². The fourth-order valence-corrected chi connectivity index (χ4v) is 5.50. The number of thiazole rings is 1. The number of nitrogens with zero attached hydrogens (tertiary/aromatic N) is 3. The number of imide groups is 1. The van der Waals surface area contributed by atoms with Crippen LogP contribution in [0.25, 0.3) is 10.2 Å². The van der Waals surface area contributed by atoms with Crippen LogP contribution in [0.3, 0.4) is 0 Å². The van der Waals surface area contributed by atoms with Crippen LogP contribution in [0.1, 0.15) is 43.5 Å². The standard InChI is InChI=1S/C20H24N4O2S/c1-20(14-6-7-14)18(25)24(19(26)22-20)12-23-10-8-13(9-11-23)17-21-15-4-2-3-5-16(15)27-17/h2-5,13-14H,6-12H2,1H3,(H,22,26). The molecule has 1 aromatic heterocycles. The quantitative estimate of drug-likeness (QED) is 0.823. The fourth-order valence-electron chi connectivity index (χ4n) is 4.37. The number of amides is 3. The van der Waals surface area contributed by atoms with E-state index in [9.17, 15) is 9.59 Å². The first kappa shape index (κ1) is 17.1. The maximum absolute atomic E-state index is 12.8. The first-order valence-corrected chi connectivity index (χ1v) is 10.6. The minimum Gasteiger partial charge on any atom is -0.323 e. The van der Waals surface area contributed by atoms with E-state index in [1.807, 2.05) is 13.0 Å². The first-order valence-electron chi connectivity index (χ1n) is 9.76. The van der Waals surface area contributed by atoms with Crippen LogP contribution in [-0.4, -0.2) is 52.0 Å². The summed E-state index contributed by atoms with van der Waals surface area (Å²) in [6.45, 7) is 4.05. The molecule has 1 N–H and O–H groups in total. The second-order valence-corrected chi connectivity index (χ2v) is 9.26. The highest BCUT2D eigenvalue weighted by molar-refractivity contribution is 7.18. The number of likely N-dealkylation sites (tertiary alicyclic amines) is 1. The molecule has 1 saturated carbocycles. The topological polar surface area (TPSA) is 65.5 Å². The third kappa shape index (κ3) is 2.93. The van der Waals surface area contributed by atoms with Crippen LogP contribution < -0.4 is 5.32 Å². The van der Waals surface area contributed by atoms with Crippen molar-refractivity contribution in [3.8, 4) is 0 Å². The van der Waals surface area contributed by atoms with E-state index in [0.29, 0.717) is 18.5 Å². The smallest absolute Gasteiger partial charge is 0.323 e. The molecule has 27 heavy (non-hydrogen) atoms. The molecule has 1 atom stereocenters. The van der Waals surface area contributed by atoms with Gasteiger partial charge in [-0.2, -0.15) is 0 Å². The van der Waals surface area contributed by atoms with Crippen LogP contribution in [-0.2, 0) is 4.79 Å². The van der Waals surface area contributed by atoms with Crippen molar-refractivity contribution < 1.29 is 9.59 Å². The van der Waals surface area contributed by atoms with Crippen molar-refractivity contribution >= 4 is 33.5 Å². The van der Waals surface area contributed by atoms with E-state index in [-0.39, 0.29) is 11.9 Å². The Labute approximate surface area is 162 Å². The minimum atomic E-state index is -0.684. The summed E-state index contributed by atoms with van der Waals surface area (Å²) in [5.41, 5.74) is 0.398. The number of benzene rings is 1. The Kier molecular flexibility index (Phi) is 3.98. The van der Waals surface area contributed by atoms with Gasteiger partial charge in [-0.3, -0.25) is 9.69 Å². The van der Waals surface area contributed by atoms with Crippen molar-refractivity contribution in [2.75, 3.05) is 19.8 Å². The molecule has 3 aliphatic rings. The van der Waals surface area contributed by atoms with Gasteiger partial charge in [0.2, 0.25) is 0 Å². The van der Waals surface area contributed by atoms with Gasteiger partial charge >= 0.3 is 6.03 Å². The molecule has 3 fully saturated rings. The van der Waals surface area contributed by atoms with Crippen LogP contribution in [0.5, 0.6) is 0 Å². The zero-order chi connectivity index (χ0) is 18.6. The molecule has 6 nitrogen and oxygen atoms in total. The van der Waals surface area contributed by atoms with Crippen LogP contribution in [0.2, 0.25) is 0 Å². The Balaban J connectivity index is 1.22. The monoisotopic (exact) mass is 384 g/mol. The number of aromatic nitrogens is 1. The molecule has 1 aromatic carbocycles. The molecule has 7 heteroatoms. The van der Waals surface area contributed by atoms with Crippen LogP contribution in [0.4, 0.5) is 4.79 Å². The fraction of sp³-hybridized carbons (Fsp3) is 0.550. The molecule has 0 radical (unpaired) electrons. The number of hydrogen-bond acceptors (Lipinski definition) is 5. The van der Waals surface area contributed by atoms with Crippen molar-refractivity contribution in [3.05, 3.63) is 29.3 Å². The first-order chi connectivity index (χ1) is 13.0. The van der Waals surface area contributed by atoms with Crippen LogP contribution in [0.15, 0.2) is 24.3 Å². The predicted molar refractivity (Wildman–Crippen MR) is 105 cm³/mol. The van der Waals surface area contributed by atoms with Gasteiger partial charge in [-0.25, -0.2) is 14.7 Å². The van der Waals surface area contributed by atoms with Gasteiger partial charge in [-0.1, -0.05) is 12.1 Å². The zero-order valence-corrected chi connectivity index (χ0v) is 16.3. The maximum Gasteiger partial charge on any atom is 0.326 e. The van der Waals surface area contributed by atoms with Crippen molar-refractivity contribution in [2.24, 2.45) is 5.92 Å². The summed E-state index contributed by atoms with van der Waals surface area (Å²) in [5, 5.41) is 4.15. The Morgan fingerprint density at radius 3 is 2.63 bits per heavy atom. The van der Waals surface area contributed by atoms with E-state index in [1.165, 1.54) is 14.6 Å². The van der Waals surface area contributed by atoms with E-state index < -0.39 is 5.54 Å². The molecular weight excluding hydrogens is 360 g/mol. The average molecular weight is 385 g/mol. The van der Waals surface area contributed by atoms with E-state index in [4.69, 9.17) is 4.98 Å². The number of nitrogens with one attached hydrogen (secondary N) is 1. The minimum absolute atomic E-state index is 0.0525. The number of urea groups is 1. The number of carbonyl (C=O) groups is 2. The number of fused-ring (bicyclic) bond motifs is 1. The van der Waals surface area contributed by atoms with E-state index >= 15 is 0 Å².